The third-order valence-corrected chi connectivity index (χ3v) is 4.04. The summed E-state index contributed by atoms with van der Waals surface area (Å²) in [6.45, 7) is 5.05. The number of fused-ring (bicyclic) bond motifs is 1. The van der Waals surface area contributed by atoms with E-state index in [9.17, 15) is 0 Å². The van der Waals surface area contributed by atoms with Crippen LogP contribution in [0.25, 0.3) is 11.0 Å². The highest BCUT2D eigenvalue weighted by Gasteiger charge is 2.11. The second kappa shape index (κ2) is 5.41. The topological polar surface area (TPSA) is 43.8 Å². The van der Waals surface area contributed by atoms with E-state index >= 15 is 0 Å². The van der Waals surface area contributed by atoms with Crippen molar-refractivity contribution >= 4 is 28.6 Å². The fraction of sp³-hybridized carbons (Fsp3) is 0.235. The van der Waals surface area contributed by atoms with Gasteiger partial charge in [0.2, 0.25) is 5.95 Å². The maximum absolute atomic E-state index is 6.29. The van der Waals surface area contributed by atoms with E-state index in [4.69, 9.17) is 17.3 Å². The Kier molecular flexibility index (Phi) is 3.60. The fourth-order valence-electron chi connectivity index (χ4n) is 2.51. The summed E-state index contributed by atoms with van der Waals surface area (Å²) in [5.41, 5.74) is 10.3. The second-order valence-corrected chi connectivity index (χ2v) is 5.97. The predicted molar refractivity (Wildman–Crippen MR) is 88.8 cm³/mol. The lowest BCUT2D eigenvalue weighted by Crippen LogP contribution is -2.05. The van der Waals surface area contributed by atoms with Crippen LogP contribution < -0.4 is 5.73 Å². The molecule has 0 aliphatic carbocycles. The van der Waals surface area contributed by atoms with Crippen LogP contribution in [-0.4, -0.2) is 9.55 Å². The summed E-state index contributed by atoms with van der Waals surface area (Å²) in [6, 6.07) is 14.3. The molecule has 1 aromatic heterocycles. The summed E-state index contributed by atoms with van der Waals surface area (Å²) in [7, 11) is 0. The van der Waals surface area contributed by atoms with Crippen LogP contribution in [0, 0.1) is 0 Å². The molecule has 0 atom stereocenters. The maximum atomic E-state index is 6.29. The zero-order chi connectivity index (χ0) is 15.0. The van der Waals surface area contributed by atoms with Crippen LogP contribution in [0.15, 0.2) is 42.5 Å². The fourth-order valence-corrected chi connectivity index (χ4v) is 2.78. The van der Waals surface area contributed by atoms with Crippen molar-refractivity contribution in [1.29, 1.82) is 0 Å². The minimum absolute atomic E-state index is 0.492. The normalized spacial score (nSPS) is 11.4. The highest BCUT2D eigenvalue weighted by Crippen LogP contribution is 2.26. The molecule has 3 rings (SSSR count). The Bertz CT molecular complexity index is 773. The van der Waals surface area contributed by atoms with Crippen molar-refractivity contribution in [3.8, 4) is 0 Å². The van der Waals surface area contributed by atoms with E-state index in [1.54, 1.807) is 0 Å². The minimum atomic E-state index is 0.492. The molecule has 2 aromatic carbocycles. The average Bonchev–Trinajstić information content (AvgIpc) is 2.77. The van der Waals surface area contributed by atoms with Crippen molar-refractivity contribution in [2.24, 2.45) is 0 Å². The molecule has 108 valence electrons. The van der Waals surface area contributed by atoms with E-state index in [2.05, 4.69) is 43.1 Å². The molecule has 3 aromatic rings. The lowest BCUT2D eigenvalue weighted by molar-refractivity contribution is 0.830. The van der Waals surface area contributed by atoms with Gasteiger partial charge in [0.15, 0.2) is 0 Å². The molecule has 0 bridgehead atoms. The average molecular weight is 300 g/mol. The number of benzene rings is 2. The monoisotopic (exact) mass is 299 g/mol. The molecule has 0 amide bonds. The van der Waals surface area contributed by atoms with E-state index in [0.717, 1.165) is 11.0 Å². The summed E-state index contributed by atoms with van der Waals surface area (Å²) >= 11 is 6.29. The first-order valence-electron chi connectivity index (χ1n) is 7.05. The van der Waals surface area contributed by atoms with E-state index < -0.39 is 0 Å². The summed E-state index contributed by atoms with van der Waals surface area (Å²) in [4.78, 5) is 4.37. The van der Waals surface area contributed by atoms with Crippen LogP contribution in [0.2, 0.25) is 5.02 Å². The Hall–Kier alpha value is -2.00. The standard InChI is InChI=1S/C17H18ClN3/c1-11(2)13-8-6-12(7-9-13)10-21-16-14(18)4-3-5-15(16)20-17(21)19/h3-9,11H,10H2,1-2H3,(H2,19,20). The zero-order valence-electron chi connectivity index (χ0n) is 12.2. The molecular formula is C17H18ClN3. The Balaban J connectivity index is 2.00. The molecule has 1 heterocycles. The summed E-state index contributed by atoms with van der Waals surface area (Å²) in [5, 5.41) is 0.676. The van der Waals surface area contributed by atoms with Crippen molar-refractivity contribution in [3.63, 3.8) is 0 Å². The van der Waals surface area contributed by atoms with Gasteiger partial charge in [0.1, 0.15) is 0 Å². The van der Waals surface area contributed by atoms with Crippen LogP contribution >= 0.6 is 11.6 Å². The lowest BCUT2D eigenvalue weighted by Gasteiger charge is -2.10. The van der Waals surface area contributed by atoms with Gasteiger partial charge in [-0.2, -0.15) is 0 Å². The Labute approximate surface area is 129 Å². The van der Waals surface area contributed by atoms with Crippen molar-refractivity contribution < 1.29 is 0 Å². The van der Waals surface area contributed by atoms with Crippen LogP contribution in [0.4, 0.5) is 5.95 Å². The molecule has 0 saturated heterocycles. The molecule has 0 aliphatic heterocycles. The van der Waals surface area contributed by atoms with Gasteiger partial charge in [-0.05, 0) is 29.2 Å². The lowest BCUT2D eigenvalue weighted by atomic mass is 10.0. The van der Waals surface area contributed by atoms with Crippen LogP contribution in [0.3, 0.4) is 0 Å². The summed E-state index contributed by atoms with van der Waals surface area (Å²) in [6.07, 6.45) is 0. The van der Waals surface area contributed by atoms with Gasteiger partial charge in [-0.15, -0.1) is 0 Å². The van der Waals surface area contributed by atoms with E-state index in [1.807, 2.05) is 22.8 Å². The largest absolute Gasteiger partial charge is 0.369 e. The van der Waals surface area contributed by atoms with Gasteiger partial charge in [-0.1, -0.05) is 55.8 Å². The van der Waals surface area contributed by atoms with Crippen molar-refractivity contribution in [2.45, 2.75) is 26.3 Å². The minimum Gasteiger partial charge on any atom is -0.369 e. The van der Waals surface area contributed by atoms with Crippen LogP contribution in [-0.2, 0) is 6.54 Å². The van der Waals surface area contributed by atoms with Crippen LogP contribution in [0.1, 0.15) is 30.9 Å². The molecule has 21 heavy (non-hydrogen) atoms. The van der Waals surface area contributed by atoms with E-state index in [-0.39, 0.29) is 0 Å². The number of para-hydroxylation sites is 1. The van der Waals surface area contributed by atoms with E-state index in [1.165, 1.54) is 11.1 Å². The van der Waals surface area contributed by atoms with E-state index in [0.29, 0.717) is 23.4 Å². The predicted octanol–water partition coefficient (Wildman–Crippen LogP) is 4.44. The number of imidazole rings is 1. The first kappa shape index (κ1) is 14.0. The van der Waals surface area contributed by atoms with Gasteiger partial charge in [0, 0.05) is 0 Å². The van der Waals surface area contributed by atoms with Gasteiger partial charge in [0.25, 0.3) is 0 Å². The number of rotatable bonds is 3. The number of hydrogen-bond acceptors (Lipinski definition) is 2. The smallest absolute Gasteiger partial charge is 0.201 e. The van der Waals surface area contributed by atoms with Gasteiger partial charge in [-0.3, -0.25) is 0 Å². The number of anilines is 1. The highest BCUT2D eigenvalue weighted by molar-refractivity contribution is 6.35. The van der Waals surface area contributed by atoms with Crippen LogP contribution in [0.5, 0.6) is 0 Å². The van der Waals surface area contributed by atoms with Gasteiger partial charge >= 0.3 is 0 Å². The SMILES string of the molecule is CC(C)c1ccc(Cn2c(N)nc3cccc(Cl)c32)cc1. The number of hydrogen-bond donors (Lipinski definition) is 1. The molecule has 2 N–H and O–H groups in total. The quantitative estimate of drug-likeness (QED) is 0.777. The van der Waals surface area contributed by atoms with Crippen molar-refractivity contribution in [1.82, 2.24) is 9.55 Å². The molecule has 0 radical (unpaired) electrons. The molecule has 0 saturated carbocycles. The number of nitrogens with two attached hydrogens (primary N) is 1. The molecule has 4 heteroatoms. The third-order valence-electron chi connectivity index (χ3n) is 3.73. The first-order chi connectivity index (χ1) is 10.1. The Morgan fingerprint density at radius 3 is 2.52 bits per heavy atom. The first-order valence-corrected chi connectivity index (χ1v) is 7.43. The van der Waals surface area contributed by atoms with Gasteiger partial charge in [-0.25, -0.2) is 4.98 Å². The summed E-state index contributed by atoms with van der Waals surface area (Å²) in [5.74, 6) is 1.03. The number of halogens is 1. The van der Waals surface area contributed by atoms with Crippen molar-refractivity contribution in [3.05, 3.63) is 58.6 Å². The third kappa shape index (κ3) is 2.61. The summed E-state index contributed by atoms with van der Waals surface area (Å²) < 4.78 is 1.96. The molecule has 3 nitrogen and oxygen atoms in total. The number of nitrogen functional groups attached to an aromatic ring is 1. The number of nitrogens with zero attached hydrogens (tertiary/aromatic N) is 2. The van der Waals surface area contributed by atoms with Gasteiger partial charge in [0.05, 0.1) is 22.6 Å². The highest BCUT2D eigenvalue weighted by atomic mass is 35.5. The zero-order valence-corrected chi connectivity index (χ0v) is 12.9. The molecule has 0 fully saturated rings. The Morgan fingerprint density at radius 1 is 1.14 bits per heavy atom. The van der Waals surface area contributed by atoms with Crippen molar-refractivity contribution in [2.75, 3.05) is 5.73 Å². The van der Waals surface area contributed by atoms with Gasteiger partial charge < -0.3 is 10.3 Å². The molecule has 0 spiro atoms. The number of aromatic nitrogens is 2. The second-order valence-electron chi connectivity index (χ2n) is 5.56. The maximum Gasteiger partial charge on any atom is 0.201 e. The Morgan fingerprint density at radius 2 is 1.86 bits per heavy atom. The molecule has 0 unspecified atom stereocenters. The molecular weight excluding hydrogens is 282 g/mol. The molecule has 0 aliphatic rings.